The second-order valence-electron chi connectivity index (χ2n) is 7.37. The minimum atomic E-state index is -0.443. The number of aliphatic hydroxyl groups excluding tert-OH is 2. The Morgan fingerprint density at radius 2 is 1.86 bits per heavy atom. The van der Waals surface area contributed by atoms with Crippen molar-refractivity contribution < 1.29 is 14.9 Å². The van der Waals surface area contributed by atoms with Gasteiger partial charge in [-0.15, -0.1) is 0 Å². The van der Waals surface area contributed by atoms with Crippen LogP contribution in [0.15, 0.2) is 0 Å². The molecule has 0 aliphatic heterocycles. The van der Waals surface area contributed by atoms with Gasteiger partial charge in [-0.1, -0.05) is 19.8 Å². The molecule has 2 aliphatic carbocycles. The van der Waals surface area contributed by atoms with Crippen molar-refractivity contribution in [1.29, 1.82) is 0 Å². The lowest BCUT2D eigenvalue weighted by Gasteiger charge is -2.28. The van der Waals surface area contributed by atoms with Crippen LogP contribution in [0.4, 0.5) is 0 Å². The number of hydrogen-bond acceptors (Lipinski definition) is 4. The van der Waals surface area contributed by atoms with Crippen molar-refractivity contribution in [3.63, 3.8) is 0 Å². The lowest BCUT2D eigenvalue weighted by Crippen LogP contribution is -2.40. The third-order valence-corrected chi connectivity index (χ3v) is 5.37. The SMILES string of the molecule is CC1CCC(OCC(O)CNCC2(CO)CCCC2)CC1. The molecule has 0 spiro atoms. The Bertz CT molecular complexity index is 284. The van der Waals surface area contributed by atoms with E-state index < -0.39 is 6.10 Å². The molecule has 0 saturated heterocycles. The van der Waals surface area contributed by atoms with E-state index in [4.69, 9.17) is 4.74 Å². The average molecular weight is 299 g/mol. The van der Waals surface area contributed by atoms with Crippen molar-refractivity contribution in [1.82, 2.24) is 5.32 Å². The summed E-state index contributed by atoms with van der Waals surface area (Å²) >= 11 is 0. The van der Waals surface area contributed by atoms with Gasteiger partial charge in [0.1, 0.15) is 0 Å². The van der Waals surface area contributed by atoms with Gasteiger partial charge in [-0.2, -0.15) is 0 Å². The second-order valence-corrected chi connectivity index (χ2v) is 7.37. The van der Waals surface area contributed by atoms with Gasteiger partial charge >= 0.3 is 0 Å². The van der Waals surface area contributed by atoms with Crippen LogP contribution in [0.25, 0.3) is 0 Å². The van der Waals surface area contributed by atoms with Crippen LogP contribution in [0.3, 0.4) is 0 Å². The molecule has 0 aromatic rings. The van der Waals surface area contributed by atoms with Crippen LogP contribution in [0.5, 0.6) is 0 Å². The normalized spacial score (nSPS) is 30.4. The summed E-state index contributed by atoms with van der Waals surface area (Å²) in [6.07, 6.45) is 9.30. The number of rotatable bonds is 8. The maximum atomic E-state index is 10.0. The number of nitrogens with one attached hydrogen (secondary N) is 1. The Hall–Kier alpha value is -0.160. The fraction of sp³-hybridized carbons (Fsp3) is 1.00. The molecule has 3 N–H and O–H groups in total. The molecule has 124 valence electrons. The summed E-state index contributed by atoms with van der Waals surface area (Å²) in [5.74, 6) is 0.831. The van der Waals surface area contributed by atoms with Crippen molar-refractivity contribution in [3.05, 3.63) is 0 Å². The molecule has 4 heteroatoms. The number of hydrogen-bond donors (Lipinski definition) is 3. The second kappa shape index (κ2) is 8.47. The Morgan fingerprint density at radius 3 is 2.48 bits per heavy atom. The van der Waals surface area contributed by atoms with Crippen molar-refractivity contribution in [2.24, 2.45) is 11.3 Å². The predicted molar refractivity (Wildman–Crippen MR) is 84.2 cm³/mol. The first kappa shape index (κ1) is 17.2. The zero-order chi connectivity index (χ0) is 15.1. The van der Waals surface area contributed by atoms with Crippen LogP contribution in [-0.4, -0.2) is 48.7 Å². The van der Waals surface area contributed by atoms with E-state index in [0.29, 0.717) is 19.3 Å². The third-order valence-electron chi connectivity index (χ3n) is 5.37. The molecule has 0 aromatic heterocycles. The lowest BCUT2D eigenvalue weighted by atomic mass is 9.87. The molecule has 4 nitrogen and oxygen atoms in total. The predicted octanol–water partition coefficient (Wildman–Crippen LogP) is 2.08. The Morgan fingerprint density at radius 1 is 1.19 bits per heavy atom. The third kappa shape index (κ3) is 5.51. The molecule has 2 aliphatic rings. The molecule has 0 aromatic carbocycles. The summed E-state index contributed by atoms with van der Waals surface area (Å²) in [5, 5.41) is 22.9. The summed E-state index contributed by atoms with van der Waals surface area (Å²) in [6.45, 7) is 4.35. The molecule has 2 saturated carbocycles. The van der Waals surface area contributed by atoms with Gasteiger partial charge in [0, 0.05) is 25.1 Å². The molecular formula is C17H33NO3. The highest BCUT2D eigenvalue weighted by Gasteiger charge is 2.32. The van der Waals surface area contributed by atoms with Crippen LogP contribution in [0.1, 0.15) is 58.3 Å². The van der Waals surface area contributed by atoms with Gasteiger partial charge in [0.05, 0.1) is 18.8 Å². The van der Waals surface area contributed by atoms with E-state index in [9.17, 15) is 10.2 Å². The van der Waals surface area contributed by atoms with Gasteiger partial charge < -0.3 is 20.3 Å². The highest BCUT2D eigenvalue weighted by Crippen LogP contribution is 2.36. The first-order valence-electron chi connectivity index (χ1n) is 8.75. The molecule has 0 amide bonds. The van der Waals surface area contributed by atoms with Crippen molar-refractivity contribution >= 4 is 0 Å². The Balaban J connectivity index is 1.56. The zero-order valence-electron chi connectivity index (χ0n) is 13.5. The molecule has 0 radical (unpaired) electrons. The van der Waals surface area contributed by atoms with Gasteiger partial charge in [-0.25, -0.2) is 0 Å². The van der Waals surface area contributed by atoms with Gasteiger partial charge in [-0.05, 0) is 44.4 Å². The molecule has 0 heterocycles. The van der Waals surface area contributed by atoms with Gasteiger partial charge in [0.2, 0.25) is 0 Å². The van der Waals surface area contributed by atoms with Crippen molar-refractivity contribution in [2.45, 2.75) is 70.5 Å². The maximum absolute atomic E-state index is 10.0. The Kier molecular flexibility index (Phi) is 6.93. The van der Waals surface area contributed by atoms with Crippen molar-refractivity contribution in [2.75, 3.05) is 26.3 Å². The van der Waals surface area contributed by atoms with Crippen LogP contribution in [0, 0.1) is 11.3 Å². The first-order valence-corrected chi connectivity index (χ1v) is 8.75. The van der Waals surface area contributed by atoms with E-state index in [2.05, 4.69) is 12.2 Å². The highest BCUT2D eigenvalue weighted by molar-refractivity contribution is 4.86. The summed E-state index contributed by atoms with van der Waals surface area (Å²) < 4.78 is 5.83. The maximum Gasteiger partial charge on any atom is 0.0897 e. The van der Waals surface area contributed by atoms with Crippen LogP contribution >= 0.6 is 0 Å². The van der Waals surface area contributed by atoms with Gasteiger partial charge in [0.15, 0.2) is 0 Å². The minimum Gasteiger partial charge on any atom is -0.396 e. The molecule has 1 atom stereocenters. The molecular weight excluding hydrogens is 266 g/mol. The minimum absolute atomic E-state index is 0.0556. The molecule has 1 unspecified atom stereocenters. The first-order chi connectivity index (χ1) is 10.1. The van der Waals surface area contributed by atoms with Crippen LogP contribution in [0.2, 0.25) is 0 Å². The Labute approximate surface area is 129 Å². The topological polar surface area (TPSA) is 61.7 Å². The molecule has 21 heavy (non-hydrogen) atoms. The highest BCUT2D eigenvalue weighted by atomic mass is 16.5. The summed E-state index contributed by atoms with van der Waals surface area (Å²) in [6, 6.07) is 0. The number of aliphatic hydroxyl groups is 2. The standard InChI is InChI=1S/C17H33NO3/c1-14-4-6-16(7-5-14)21-11-15(20)10-18-12-17(13-19)8-2-3-9-17/h14-16,18-20H,2-13H2,1H3. The van der Waals surface area contributed by atoms with E-state index in [1.807, 2.05) is 0 Å². The molecule has 2 fully saturated rings. The van der Waals surface area contributed by atoms with E-state index in [-0.39, 0.29) is 12.0 Å². The zero-order valence-corrected chi connectivity index (χ0v) is 13.5. The van der Waals surface area contributed by atoms with E-state index in [1.165, 1.54) is 25.7 Å². The van der Waals surface area contributed by atoms with Gasteiger partial charge in [0.25, 0.3) is 0 Å². The monoisotopic (exact) mass is 299 g/mol. The summed E-state index contributed by atoms with van der Waals surface area (Å²) in [5.41, 5.74) is 0.0556. The van der Waals surface area contributed by atoms with Gasteiger partial charge in [-0.3, -0.25) is 0 Å². The van der Waals surface area contributed by atoms with Crippen molar-refractivity contribution in [3.8, 4) is 0 Å². The fourth-order valence-electron chi connectivity index (χ4n) is 3.72. The quantitative estimate of drug-likeness (QED) is 0.642. The summed E-state index contributed by atoms with van der Waals surface area (Å²) in [4.78, 5) is 0. The van der Waals surface area contributed by atoms with E-state index in [1.54, 1.807) is 0 Å². The fourth-order valence-corrected chi connectivity index (χ4v) is 3.72. The van der Waals surface area contributed by atoms with Crippen LogP contribution < -0.4 is 5.32 Å². The largest absolute Gasteiger partial charge is 0.396 e. The molecule has 2 rings (SSSR count). The van der Waals surface area contributed by atoms with Crippen LogP contribution in [-0.2, 0) is 4.74 Å². The lowest BCUT2D eigenvalue weighted by molar-refractivity contribution is -0.0286. The summed E-state index contributed by atoms with van der Waals surface area (Å²) in [7, 11) is 0. The number of ether oxygens (including phenoxy) is 1. The smallest absolute Gasteiger partial charge is 0.0897 e. The molecule has 0 bridgehead atoms. The average Bonchev–Trinajstić information content (AvgIpc) is 2.96. The van der Waals surface area contributed by atoms with E-state index in [0.717, 1.165) is 38.1 Å². The van der Waals surface area contributed by atoms with E-state index >= 15 is 0 Å².